The number of aromatic nitrogens is 2. The number of pyridine rings is 1. The first kappa shape index (κ1) is 17.9. The topological polar surface area (TPSA) is 46.4 Å². The quantitative estimate of drug-likeness (QED) is 0.431. The van der Waals surface area contributed by atoms with E-state index < -0.39 is 0 Å². The van der Waals surface area contributed by atoms with Gasteiger partial charge in [-0.1, -0.05) is 65.1 Å². The van der Waals surface area contributed by atoms with Gasteiger partial charge in [-0.3, -0.25) is 4.79 Å². The van der Waals surface area contributed by atoms with Crippen molar-refractivity contribution in [1.29, 1.82) is 0 Å². The van der Waals surface area contributed by atoms with Crippen molar-refractivity contribution in [2.24, 2.45) is 0 Å². The van der Waals surface area contributed by atoms with E-state index in [1.165, 1.54) is 12.1 Å². The molecule has 0 fully saturated rings. The van der Waals surface area contributed by atoms with Crippen LogP contribution in [-0.2, 0) is 0 Å². The fourth-order valence-electron chi connectivity index (χ4n) is 2.72. The lowest BCUT2D eigenvalue weighted by atomic mass is 10.2. The molecule has 1 amide bonds. The Balaban J connectivity index is 1.65. The number of fused-ring (bicyclic) bond motifs is 1. The lowest BCUT2D eigenvalue weighted by Crippen LogP contribution is -2.13. The highest BCUT2D eigenvalue weighted by atomic mass is 35.5. The van der Waals surface area contributed by atoms with Crippen LogP contribution in [0.5, 0.6) is 0 Å². The fourth-order valence-corrected chi connectivity index (χ4v) is 3.63. The van der Waals surface area contributed by atoms with Crippen molar-refractivity contribution >= 4 is 52.0 Å². The molecule has 1 N–H and O–H groups in total. The van der Waals surface area contributed by atoms with Crippen LogP contribution < -0.4 is 5.32 Å². The Labute approximate surface area is 170 Å². The number of carbonyl (C=O) groups is 1. The lowest BCUT2D eigenvalue weighted by Gasteiger charge is -2.10. The molecule has 27 heavy (non-hydrogen) atoms. The summed E-state index contributed by atoms with van der Waals surface area (Å²) in [5, 5.41) is 3.67. The van der Waals surface area contributed by atoms with Crippen LogP contribution >= 0.6 is 34.8 Å². The minimum absolute atomic E-state index is 0.272. The summed E-state index contributed by atoms with van der Waals surface area (Å²) < 4.78 is 1.86. The average Bonchev–Trinajstić information content (AvgIpc) is 3.08. The molecule has 0 saturated carbocycles. The predicted octanol–water partition coefficient (Wildman–Crippen LogP) is 6.21. The van der Waals surface area contributed by atoms with Gasteiger partial charge < -0.3 is 9.72 Å². The first-order valence-electron chi connectivity index (χ1n) is 8.01. The zero-order chi connectivity index (χ0) is 19.0. The molecule has 0 saturated heterocycles. The first-order chi connectivity index (χ1) is 13.0. The van der Waals surface area contributed by atoms with Crippen LogP contribution in [0.4, 0.5) is 5.69 Å². The summed E-state index contributed by atoms with van der Waals surface area (Å²) in [5.74, 6) is -0.340. The van der Waals surface area contributed by atoms with Gasteiger partial charge in [0.1, 0.15) is 5.65 Å². The number of amides is 1. The van der Waals surface area contributed by atoms with E-state index in [-0.39, 0.29) is 16.0 Å². The van der Waals surface area contributed by atoms with Crippen molar-refractivity contribution in [3.8, 4) is 11.3 Å². The summed E-state index contributed by atoms with van der Waals surface area (Å²) >= 11 is 18.2. The summed E-state index contributed by atoms with van der Waals surface area (Å²) in [6.07, 6.45) is 3.70. The highest BCUT2D eigenvalue weighted by Crippen LogP contribution is 2.34. The number of hydrogen-bond acceptors (Lipinski definition) is 2. The van der Waals surface area contributed by atoms with E-state index in [1.54, 1.807) is 18.3 Å². The molecule has 0 atom stereocenters. The summed E-state index contributed by atoms with van der Waals surface area (Å²) in [4.78, 5) is 17.2. The number of anilines is 1. The predicted molar refractivity (Wildman–Crippen MR) is 110 cm³/mol. The third-order valence-electron chi connectivity index (χ3n) is 4.04. The van der Waals surface area contributed by atoms with Crippen LogP contribution in [0.2, 0.25) is 15.1 Å². The van der Waals surface area contributed by atoms with Crippen molar-refractivity contribution < 1.29 is 4.79 Å². The zero-order valence-electron chi connectivity index (χ0n) is 13.8. The zero-order valence-corrected chi connectivity index (χ0v) is 16.1. The number of carbonyl (C=O) groups excluding carboxylic acids is 1. The van der Waals surface area contributed by atoms with Crippen LogP contribution in [0.15, 0.2) is 67.0 Å². The lowest BCUT2D eigenvalue weighted by molar-refractivity contribution is 0.102. The molecule has 0 aliphatic carbocycles. The van der Waals surface area contributed by atoms with Gasteiger partial charge in [0.05, 0.1) is 21.4 Å². The van der Waals surface area contributed by atoms with E-state index in [2.05, 4.69) is 10.3 Å². The third kappa shape index (κ3) is 3.65. The minimum Gasteiger partial charge on any atom is -0.319 e. The van der Waals surface area contributed by atoms with E-state index in [0.29, 0.717) is 21.9 Å². The molecule has 2 heterocycles. The van der Waals surface area contributed by atoms with Crippen LogP contribution in [0.25, 0.3) is 16.9 Å². The molecule has 0 spiro atoms. The van der Waals surface area contributed by atoms with Crippen molar-refractivity contribution in [3.63, 3.8) is 0 Å². The van der Waals surface area contributed by atoms with Gasteiger partial charge in [-0.05, 0) is 24.3 Å². The summed E-state index contributed by atoms with van der Waals surface area (Å²) in [5.41, 5.74) is 3.26. The number of nitrogens with zero attached hydrogens (tertiary/aromatic N) is 2. The van der Waals surface area contributed by atoms with Crippen LogP contribution in [-0.4, -0.2) is 15.3 Å². The van der Waals surface area contributed by atoms with Gasteiger partial charge in [0.25, 0.3) is 5.91 Å². The summed E-state index contributed by atoms with van der Waals surface area (Å²) in [6.45, 7) is 0. The molecule has 2 aromatic carbocycles. The molecule has 7 heteroatoms. The maximum atomic E-state index is 12.6. The Morgan fingerprint density at radius 2 is 1.67 bits per heavy atom. The minimum atomic E-state index is -0.340. The maximum absolute atomic E-state index is 12.6. The molecule has 0 bridgehead atoms. The van der Waals surface area contributed by atoms with Gasteiger partial charge in [-0.25, -0.2) is 4.98 Å². The van der Waals surface area contributed by atoms with Crippen molar-refractivity contribution in [3.05, 3.63) is 87.6 Å². The summed E-state index contributed by atoms with van der Waals surface area (Å²) in [6, 6.07) is 16.3. The second-order valence-corrected chi connectivity index (χ2v) is 7.12. The smallest absolute Gasteiger partial charge is 0.255 e. The molecular formula is C20H12Cl3N3O. The van der Waals surface area contributed by atoms with Crippen molar-refractivity contribution in [1.82, 2.24) is 9.38 Å². The number of hydrogen-bond donors (Lipinski definition) is 1. The van der Waals surface area contributed by atoms with E-state index in [1.807, 2.05) is 40.9 Å². The summed E-state index contributed by atoms with van der Waals surface area (Å²) in [7, 11) is 0. The van der Waals surface area contributed by atoms with E-state index in [0.717, 1.165) is 11.3 Å². The first-order valence-corrected chi connectivity index (χ1v) is 9.15. The van der Waals surface area contributed by atoms with Gasteiger partial charge in [0.15, 0.2) is 0 Å². The Morgan fingerprint density at radius 3 is 2.37 bits per heavy atom. The number of nitrogens with one attached hydrogen (secondary N) is 1. The second kappa shape index (κ2) is 7.24. The monoisotopic (exact) mass is 415 g/mol. The Morgan fingerprint density at radius 1 is 0.963 bits per heavy atom. The Bertz CT molecular complexity index is 1130. The molecule has 4 rings (SSSR count). The Kier molecular flexibility index (Phi) is 4.79. The molecule has 0 unspecified atom stereocenters. The molecule has 134 valence electrons. The number of halogens is 3. The molecule has 0 radical (unpaired) electrons. The van der Waals surface area contributed by atoms with Crippen molar-refractivity contribution in [2.75, 3.05) is 5.32 Å². The van der Waals surface area contributed by atoms with E-state index in [4.69, 9.17) is 34.8 Å². The molecule has 4 nitrogen and oxygen atoms in total. The molecule has 0 aliphatic rings. The highest BCUT2D eigenvalue weighted by molar-refractivity contribution is 6.42. The molecule has 0 aliphatic heterocycles. The fraction of sp³-hybridized carbons (Fsp3) is 0. The van der Waals surface area contributed by atoms with Gasteiger partial charge in [0.2, 0.25) is 0 Å². The largest absolute Gasteiger partial charge is 0.319 e. The van der Waals surface area contributed by atoms with Gasteiger partial charge >= 0.3 is 0 Å². The maximum Gasteiger partial charge on any atom is 0.255 e. The van der Waals surface area contributed by atoms with E-state index in [9.17, 15) is 4.79 Å². The average molecular weight is 417 g/mol. The Hall–Kier alpha value is -2.53. The SMILES string of the molecule is O=C(Nc1c(Cl)cc(Cl)cc1Cl)c1ccn2cc(-c3ccccc3)nc2c1. The van der Waals surface area contributed by atoms with Crippen LogP contribution in [0.3, 0.4) is 0 Å². The van der Waals surface area contributed by atoms with Gasteiger partial charge in [-0.2, -0.15) is 0 Å². The number of imidazole rings is 1. The van der Waals surface area contributed by atoms with Crippen molar-refractivity contribution in [2.45, 2.75) is 0 Å². The van der Waals surface area contributed by atoms with Gasteiger partial charge in [-0.15, -0.1) is 0 Å². The highest BCUT2D eigenvalue weighted by Gasteiger charge is 2.14. The molecule has 2 aromatic heterocycles. The third-order valence-corrected chi connectivity index (χ3v) is 4.85. The van der Waals surface area contributed by atoms with Crippen LogP contribution in [0, 0.1) is 0 Å². The second-order valence-electron chi connectivity index (χ2n) is 5.87. The number of benzene rings is 2. The number of rotatable bonds is 3. The molecule has 4 aromatic rings. The van der Waals surface area contributed by atoms with Gasteiger partial charge in [0, 0.05) is 28.5 Å². The van der Waals surface area contributed by atoms with E-state index >= 15 is 0 Å². The normalized spacial score (nSPS) is 10.9. The molecular weight excluding hydrogens is 405 g/mol. The van der Waals surface area contributed by atoms with Crippen LogP contribution in [0.1, 0.15) is 10.4 Å². The standard InChI is InChI=1S/C20H12Cl3N3O/c21-14-9-15(22)19(16(23)10-14)25-20(27)13-6-7-26-11-17(24-18(26)8-13)12-4-2-1-3-5-12/h1-11H,(H,25,27).